The van der Waals surface area contributed by atoms with Crippen molar-refractivity contribution in [3.8, 4) is 5.75 Å². The Labute approximate surface area is 178 Å². The van der Waals surface area contributed by atoms with E-state index >= 15 is 0 Å². The number of hydrogen-bond donors (Lipinski definition) is 1. The molecule has 2 aromatic rings. The van der Waals surface area contributed by atoms with Crippen LogP contribution in [0, 0.1) is 5.92 Å². The third-order valence-electron chi connectivity index (χ3n) is 5.50. The zero-order valence-corrected chi connectivity index (χ0v) is 18.0. The van der Waals surface area contributed by atoms with Gasteiger partial charge in [0.2, 0.25) is 5.91 Å². The SMILES string of the molecule is COc1ccc(C(=O)N[C@H](C(=O)N2CCN(Cc3ccccc3)CC2)C(C)C)cc1. The molecule has 30 heavy (non-hydrogen) atoms. The van der Waals surface area contributed by atoms with E-state index in [1.165, 1.54) is 5.56 Å². The van der Waals surface area contributed by atoms with Gasteiger partial charge in [-0.2, -0.15) is 0 Å². The van der Waals surface area contributed by atoms with Crippen molar-refractivity contribution in [2.75, 3.05) is 33.3 Å². The fraction of sp³-hybridized carbons (Fsp3) is 0.417. The number of piperazine rings is 1. The standard InChI is InChI=1S/C24H31N3O3/c1-18(2)22(25-23(28)20-9-11-21(30-3)12-10-20)24(29)27-15-13-26(14-16-27)17-19-7-5-4-6-8-19/h4-12,18,22H,13-17H2,1-3H3,(H,25,28)/t22-/m0/s1. The van der Waals surface area contributed by atoms with E-state index in [2.05, 4.69) is 22.3 Å². The summed E-state index contributed by atoms with van der Waals surface area (Å²) in [6.45, 7) is 7.83. The zero-order valence-electron chi connectivity index (χ0n) is 18.0. The van der Waals surface area contributed by atoms with E-state index in [4.69, 9.17) is 4.74 Å². The van der Waals surface area contributed by atoms with Gasteiger partial charge in [-0.1, -0.05) is 44.2 Å². The van der Waals surface area contributed by atoms with Gasteiger partial charge in [-0.05, 0) is 35.7 Å². The molecule has 3 rings (SSSR count). The second kappa shape index (κ2) is 10.3. The highest BCUT2D eigenvalue weighted by atomic mass is 16.5. The predicted octanol–water partition coefficient (Wildman–Crippen LogP) is 2.79. The van der Waals surface area contributed by atoms with E-state index in [1.807, 2.05) is 36.9 Å². The van der Waals surface area contributed by atoms with E-state index in [0.717, 1.165) is 19.6 Å². The number of methoxy groups -OCH3 is 1. The summed E-state index contributed by atoms with van der Waals surface area (Å²) in [4.78, 5) is 30.1. The van der Waals surface area contributed by atoms with Crippen molar-refractivity contribution in [3.05, 3.63) is 65.7 Å². The normalized spacial score (nSPS) is 15.7. The summed E-state index contributed by atoms with van der Waals surface area (Å²) >= 11 is 0. The number of ether oxygens (including phenoxy) is 1. The number of nitrogens with zero attached hydrogens (tertiary/aromatic N) is 2. The lowest BCUT2D eigenvalue weighted by atomic mass is 10.0. The number of nitrogens with one attached hydrogen (secondary N) is 1. The van der Waals surface area contributed by atoms with Gasteiger partial charge in [-0.3, -0.25) is 14.5 Å². The van der Waals surface area contributed by atoms with E-state index in [1.54, 1.807) is 31.4 Å². The molecule has 6 heteroatoms. The van der Waals surface area contributed by atoms with Gasteiger partial charge in [0.1, 0.15) is 11.8 Å². The van der Waals surface area contributed by atoms with E-state index in [0.29, 0.717) is 24.4 Å². The Morgan fingerprint density at radius 1 is 0.967 bits per heavy atom. The van der Waals surface area contributed by atoms with Crippen molar-refractivity contribution >= 4 is 11.8 Å². The molecule has 0 aromatic heterocycles. The van der Waals surface area contributed by atoms with Crippen molar-refractivity contribution in [3.63, 3.8) is 0 Å². The molecule has 2 amide bonds. The van der Waals surface area contributed by atoms with Crippen LogP contribution in [0.4, 0.5) is 0 Å². The molecule has 1 heterocycles. The molecule has 1 N–H and O–H groups in total. The zero-order chi connectivity index (χ0) is 21.5. The first-order valence-electron chi connectivity index (χ1n) is 10.5. The molecule has 0 radical (unpaired) electrons. The van der Waals surface area contributed by atoms with Crippen LogP contribution in [0.15, 0.2) is 54.6 Å². The van der Waals surface area contributed by atoms with Crippen LogP contribution >= 0.6 is 0 Å². The lowest BCUT2D eigenvalue weighted by Gasteiger charge is -2.37. The van der Waals surface area contributed by atoms with Crippen molar-refractivity contribution in [1.29, 1.82) is 0 Å². The van der Waals surface area contributed by atoms with E-state index in [-0.39, 0.29) is 17.7 Å². The van der Waals surface area contributed by atoms with Crippen LogP contribution < -0.4 is 10.1 Å². The van der Waals surface area contributed by atoms with Gasteiger partial charge in [0.25, 0.3) is 5.91 Å². The van der Waals surface area contributed by atoms with Gasteiger partial charge in [-0.15, -0.1) is 0 Å². The van der Waals surface area contributed by atoms with E-state index < -0.39 is 6.04 Å². The highest BCUT2D eigenvalue weighted by Gasteiger charge is 2.31. The molecule has 0 bridgehead atoms. The summed E-state index contributed by atoms with van der Waals surface area (Å²) in [6, 6.07) is 16.7. The first-order chi connectivity index (χ1) is 14.5. The van der Waals surface area contributed by atoms with Crippen LogP contribution in [0.25, 0.3) is 0 Å². The fourth-order valence-corrected chi connectivity index (χ4v) is 3.65. The van der Waals surface area contributed by atoms with Crippen LogP contribution in [0.1, 0.15) is 29.8 Å². The maximum atomic E-state index is 13.1. The Hall–Kier alpha value is -2.86. The van der Waals surface area contributed by atoms with Gasteiger partial charge in [-0.25, -0.2) is 0 Å². The Morgan fingerprint density at radius 2 is 1.60 bits per heavy atom. The number of hydrogen-bond acceptors (Lipinski definition) is 4. The van der Waals surface area contributed by atoms with Crippen LogP contribution in [0.3, 0.4) is 0 Å². The number of rotatable bonds is 7. The number of benzene rings is 2. The molecule has 2 aromatic carbocycles. The quantitative estimate of drug-likeness (QED) is 0.764. The summed E-state index contributed by atoms with van der Waals surface area (Å²) in [5, 5.41) is 2.93. The average molecular weight is 410 g/mol. The third kappa shape index (κ3) is 5.60. The fourth-order valence-electron chi connectivity index (χ4n) is 3.65. The predicted molar refractivity (Wildman–Crippen MR) is 117 cm³/mol. The van der Waals surface area contributed by atoms with Crippen LogP contribution in [-0.2, 0) is 11.3 Å². The van der Waals surface area contributed by atoms with Crippen molar-refractivity contribution < 1.29 is 14.3 Å². The maximum Gasteiger partial charge on any atom is 0.251 e. The molecule has 0 spiro atoms. The summed E-state index contributed by atoms with van der Waals surface area (Å²) < 4.78 is 5.14. The Morgan fingerprint density at radius 3 is 2.17 bits per heavy atom. The number of carbonyl (C=O) groups excluding carboxylic acids is 2. The average Bonchev–Trinajstić information content (AvgIpc) is 2.78. The summed E-state index contributed by atoms with van der Waals surface area (Å²) in [7, 11) is 1.59. The first-order valence-corrected chi connectivity index (χ1v) is 10.5. The molecule has 1 saturated heterocycles. The lowest BCUT2D eigenvalue weighted by molar-refractivity contribution is -0.136. The van der Waals surface area contributed by atoms with Crippen LogP contribution in [0.2, 0.25) is 0 Å². The maximum absolute atomic E-state index is 13.1. The molecule has 0 saturated carbocycles. The van der Waals surface area contributed by atoms with E-state index in [9.17, 15) is 9.59 Å². The molecule has 0 unspecified atom stereocenters. The Balaban J connectivity index is 1.56. The van der Waals surface area contributed by atoms with Crippen molar-refractivity contribution in [1.82, 2.24) is 15.1 Å². The van der Waals surface area contributed by atoms with Crippen molar-refractivity contribution in [2.24, 2.45) is 5.92 Å². The molecule has 0 aliphatic carbocycles. The number of amides is 2. The van der Waals surface area contributed by atoms with Gasteiger partial charge in [0, 0.05) is 38.3 Å². The summed E-state index contributed by atoms with van der Waals surface area (Å²) in [5.74, 6) is 0.442. The molecular formula is C24H31N3O3. The van der Waals surface area contributed by atoms with Gasteiger partial charge in [0.15, 0.2) is 0 Å². The molecule has 6 nitrogen and oxygen atoms in total. The Bertz CT molecular complexity index is 829. The summed E-state index contributed by atoms with van der Waals surface area (Å²) in [5.41, 5.74) is 1.80. The van der Waals surface area contributed by atoms with Crippen LogP contribution in [-0.4, -0.2) is 60.9 Å². The Kier molecular flexibility index (Phi) is 7.46. The highest BCUT2D eigenvalue weighted by Crippen LogP contribution is 2.15. The minimum absolute atomic E-state index is 0.00190. The largest absolute Gasteiger partial charge is 0.497 e. The summed E-state index contributed by atoms with van der Waals surface area (Å²) in [6.07, 6.45) is 0. The highest BCUT2D eigenvalue weighted by molar-refractivity contribution is 5.97. The molecule has 1 aliphatic heterocycles. The van der Waals surface area contributed by atoms with Crippen molar-refractivity contribution in [2.45, 2.75) is 26.4 Å². The first kappa shape index (κ1) is 21.8. The van der Waals surface area contributed by atoms with Gasteiger partial charge < -0.3 is 15.0 Å². The molecular weight excluding hydrogens is 378 g/mol. The van der Waals surface area contributed by atoms with Crippen LogP contribution in [0.5, 0.6) is 5.75 Å². The molecule has 1 fully saturated rings. The molecule has 1 atom stereocenters. The second-order valence-corrected chi connectivity index (χ2v) is 8.01. The lowest BCUT2D eigenvalue weighted by Crippen LogP contribution is -2.56. The minimum Gasteiger partial charge on any atom is -0.497 e. The van der Waals surface area contributed by atoms with Gasteiger partial charge >= 0.3 is 0 Å². The third-order valence-corrected chi connectivity index (χ3v) is 5.50. The molecule has 160 valence electrons. The smallest absolute Gasteiger partial charge is 0.251 e. The number of carbonyl (C=O) groups is 2. The second-order valence-electron chi connectivity index (χ2n) is 8.01. The topological polar surface area (TPSA) is 61.9 Å². The monoisotopic (exact) mass is 409 g/mol. The minimum atomic E-state index is -0.541. The van der Waals surface area contributed by atoms with Gasteiger partial charge in [0.05, 0.1) is 7.11 Å². The molecule has 1 aliphatic rings.